The second-order valence-electron chi connectivity index (χ2n) is 4.53. The highest BCUT2D eigenvalue weighted by Gasteiger charge is 2.06. The Kier molecular flexibility index (Phi) is 3.36. The molecule has 0 fully saturated rings. The van der Waals surface area contributed by atoms with Crippen LogP contribution in [0.3, 0.4) is 0 Å². The van der Waals surface area contributed by atoms with Gasteiger partial charge in [-0.2, -0.15) is 5.26 Å². The number of nitriles is 1. The number of nitrogens with one attached hydrogen (secondary N) is 1. The second kappa shape index (κ2) is 5.32. The molecule has 3 aromatic rings. The van der Waals surface area contributed by atoms with Crippen LogP contribution in [0.25, 0.3) is 10.8 Å². The predicted octanol–water partition coefficient (Wildman–Crippen LogP) is 4.09. The fraction of sp³-hybridized carbons (Fsp3) is 0.125. The van der Waals surface area contributed by atoms with Crippen molar-refractivity contribution in [2.45, 2.75) is 13.5 Å². The van der Waals surface area contributed by atoms with Crippen molar-refractivity contribution in [3.05, 3.63) is 58.0 Å². The molecule has 0 spiro atoms. The first-order chi connectivity index (χ1) is 9.79. The summed E-state index contributed by atoms with van der Waals surface area (Å²) in [7, 11) is 0. The van der Waals surface area contributed by atoms with Crippen molar-refractivity contribution in [1.82, 2.24) is 4.98 Å². The summed E-state index contributed by atoms with van der Waals surface area (Å²) in [5.74, 6) is 0. The molecule has 3 nitrogen and oxygen atoms in total. The second-order valence-corrected chi connectivity index (χ2v) is 5.47. The molecule has 1 heterocycles. The fourth-order valence-electron chi connectivity index (χ4n) is 2.22. The van der Waals surface area contributed by atoms with E-state index in [1.165, 1.54) is 4.88 Å². The Hall–Kier alpha value is -2.38. The first-order valence-corrected chi connectivity index (χ1v) is 7.22. The first kappa shape index (κ1) is 12.6. The number of aromatic nitrogens is 1. The maximum Gasteiger partial charge on any atom is 0.0998 e. The molecule has 0 bridgehead atoms. The van der Waals surface area contributed by atoms with E-state index in [4.69, 9.17) is 5.26 Å². The van der Waals surface area contributed by atoms with Crippen LogP contribution in [0.2, 0.25) is 0 Å². The van der Waals surface area contributed by atoms with E-state index in [0.717, 1.165) is 28.7 Å². The van der Waals surface area contributed by atoms with Crippen molar-refractivity contribution < 1.29 is 0 Å². The number of hydrogen-bond acceptors (Lipinski definition) is 4. The van der Waals surface area contributed by atoms with Gasteiger partial charge in [0.1, 0.15) is 0 Å². The molecule has 0 unspecified atom stereocenters. The number of aryl methyl sites for hydroxylation is 1. The van der Waals surface area contributed by atoms with Gasteiger partial charge in [-0.3, -0.25) is 0 Å². The fourth-order valence-corrected chi connectivity index (χ4v) is 2.94. The van der Waals surface area contributed by atoms with Gasteiger partial charge in [0.25, 0.3) is 0 Å². The van der Waals surface area contributed by atoms with Gasteiger partial charge in [0, 0.05) is 21.3 Å². The van der Waals surface area contributed by atoms with E-state index >= 15 is 0 Å². The monoisotopic (exact) mass is 279 g/mol. The Morgan fingerprint density at radius 1 is 1.20 bits per heavy atom. The van der Waals surface area contributed by atoms with Gasteiger partial charge in [-0.25, -0.2) is 4.98 Å². The van der Waals surface area contributed by atoms with Gasteiger partial charge in [0.05, 0.1) is 29.4 Å². The van der Waals surface area contributed by atoms with Crippen LogP contribution >= 0.6 is 11.3 Å². The van der Waals surface area contributed by atoms with Gasteiger partial charge in [0.15, 0.2) is 0 Å². The van der Waals surface area contributed by atoms with Crippen molar-refractivity contribution in [2.75, 3.05) is 5.32 Å². The lowest BCUT2D eigenvalue weighted by molar-refractivity contribution is 1.12. The molecule has 1 N–H and O–H groups in total. The molecule has 20 heavy (non-hydrogen) atoms. The van der Waals surface area contributed by atoms with Gasteiger partial charge in [-0.15, -0.1) is 11.3 Å². The van der Waals surface area contributed by atoms with Crippen LogP contribution in [0.15, 0.2) is 41.9 Å². The molecule has 1 aromatic heterocycles. The van der Waals surface area contributed by atoms with Crippen LogP contribution in [0, 0.1) is 18.3 Å². The molecule has 4 heteroatoms. The Morgan fingerprint density at radius 2 is 2.00 bits per heavy atom. The summed E-state index contributed by atoms with van der Waals surface area (Å²) in [5, 5.41) is 14.7. The molecule has 2 aromatic carbocycles. The Morgan fingerprint density at radius 3 is 2.70 bits per heavy atom. The smallest absolute Gasteiger partial charge is 0.0998 e. The normalized spacial score (nSPS) is 10.4. The minimum Gasteiger partial charge on any atom is -0.380 e. The molecule has 0 radical (unpaired) electrons. The number of hydrogen-bond donors (Lipinski definition) is 1. The van der Waals surface area contributed by atoms with Crippen molar-refractivity contribution >= 4 is 27.8 Å². The van der Waals surface area contributed by atoms with Gasteiger partial charge >= 0.3 is 0 Å². The molecule has 0 aliphatic heterocycles. The zero-order valence-corrected chi connectivity index (χ0v) is 11.9. The molecule has 3 rings (SSSR count). The molecular formula is C16H13N3S. The summed E-state index contributed by atoms with van der Waals surface area (Å²) < 4.78 is 0. The lowest BCUT2D eigenvalue weighted by atomic mass is 10.0. The van der Waals surface area contributed by atoms with Crippen LogP contribution in [0.4, 0.5) is 5.69 Å². The van der Waals surface area contributed by atoms with Crippen molar-refractivity contribution in [1.29, 1.82) is 5.26 Å². The van der Waals surface area contributed by atoms with Crippen molar-refractivity contribution in [2.24, 2.45) is 0 Å². The van der Waals surface area contributed by atoms with Gasteiger partial charge in [-0.1, -0.05) is 24.3 Å². The topological polar surface area (TPSA) is 48.7 Å². The zero-order valence-electron chi connectivity index (χ0n) is 11.1. The summed E-state index contributed by atoms with van der Waals surface area (Å²) in [6.07, 6.45) is 0. The minimum atomic E-state index is 0.708. The average Bonchev–Trinajstić information content (AvgIpc) is 2.90. The molecular weight excluding hydrogens is 266 g/mol. The van der Waals surface area contributed by atoms with Crippen molar-refractivity contribution in [3.8, 4) is 6.07 Å². The number of nitrogens with zero attached hydrogens (tertiary/aromatic N) is 2. The lowest BCUT2D eigenvalue weighted by Gasteiger charge is -2.10. The Balaban J connectivity index is 1.97. The van der Waals surface area contributed by atoms with Crippen LogP contribution in [0.5, 0.6) is 0 Å². The quantitative estimate of drug-likeness (QED) is 0.785. The number of rotatable bonds is 3. The maximum absolute atomic E-state index is 9.17. The van der Waals surface area contributed by atoms with Gasteiger partial charge in [-0.05, 0) is 19.1 Å². The number of benzene rings is 2. The van der Waals surface area contributed by atoms with Gasteiger partial charge < -0.3 is 5.32 Å². The van der Waals surface area contributed by atoms with E-state index in [9.17, 15) is 0 Å². The maximum atomic E-state index is 9.17. The highest BCUT2D eigenvalue weighted by molar-refractivity contribution is 7.09. The summed E-state index contributed by atoms with van der Waals surface area (Å²) in [6.45, 7) is 2.77. The summed E-state index contributed by atoms with van der Waals surface area (Å²) in [6, 6.07) is 14.0. The largest absolute Gasteiger partial charge is 0.380 e. The standard InChI is InChI=1S/C16H13N3S/c1-11-16(20-10-19-11)9-18-15-7-6-12(8-17)13-4-2-3-5-14(13)15/h2-7,10,18H,9H2,1H3. The SMILES string of the molecule is Cc1ncsc1CNc1ccc(C#N)c2ccccc12. The summed E-state index contributed by atoms with van der Waals surface area (Å²) in [5.41, 5.74) is 4.69. The van der Waals surface area contributed by atoms with Crippen LogP contribution in [0.1, 0.15) is 16.1 Å². The third kappa shape index (κ3) is 2.24. The minimum absolute atomic E-state index is 0.708. The highest BCUT2D eigenvalue weighted by Crippen LogP contribution is 2.27. The Labute approximate surface area is 121 Å². The summed E-state index contributed by atoms with van der Waals surface area (Å²) >= 11 is 1.66. The average molecular weight is 279 g/mol. The predicted molar refractivity (Wildman–Crippen MR) is 82.8 cm³/mol. The van der Waals surface area contributed by atoms with Crippen LogP contribution in [-0.2, 0) is 6.54 Å². The van der Waals surface area contributed by atoms with E-state index in [0.29, 0.717) is 5.56 Å². The molecule has 0 aliphatic rings. The van der Waals surface area contributed by atoms with Gasteiger partial charge in [0.2, 0.25) is 0 Å². The number of anilines is 1. The lowest BCUT2D eigenvalue weighted by Crippen LogP contribution is -2.00. The first-order valence-electron chi connectivity index (χ1n) is 6.34. The molecule has 98 valence electrons. The Bertz CT molecular complexity index is 799. The molecule has 0 saturated carbocycles. The summed E-state index contributed by atoms with van der Waals surface area (Å²) in [4.78, 5) is 5.49. The van der Waals surface area contributed by atoms with E-state index in [-0.39, 0.29) is 0 Å². The van der Waals surface area contributed by atoms with Crippen LogP contribution in [-0.4, -0.2) is 4.98 Å². The van der Waals surface area contributed by atoms with E-state index in [2.05, 4.69) is 16.4 Å². The molecule has 0 aliphatic carbocycles. The number of fused-ring (bicyclic) bond motifs is 1. The van der Waals surface area contributed by atoms with E-state index in [1.807, 2.05) is 48.8 Å². The highest BCUT2D eigenvalue weighted by atomic mass is 32.1. The third-order valence-corrected chi connectivity index (χ3v) is 4.26. The van der Waals surface area contributed by atoms with E-state index < -0.39 is 0 Å². The molecule has 0 atom stereocenters. The molecule has 0 amide bonds. The van der Waals surface area contributed by atoms with Crippen LogP contribution < -0.4 is 5.32 Å². The third-order valence-electron chi connectivity index (χ3n) is 3.33. The molecule has 0 saturated heterocycles. The van der Waals surface area contributed by atoms with E-state index in [1.54, 1.807) is 11.3 Å². The zero-order chi connectivity index (χ0) is 13.9. The van der Waals surface area contributed by atoms with Crippen molar-refractivity contribution in [3.63, 3.8) is 0 Å². The number of thiazole rings is 1.